The van der Waals surface area contributed by atoms with Crippen LogP contribution in [0.25, 0.3) is 11.1 Å². The molecule has 5 rings (SSSR count). The number of aliphatic hydroxyl groups is 1. The molecule has 0 bridgehead atoms. The van der Waals surface area contributed by atoms with E-state index in [-0.39, 0.29) is 42.9 Å². The van der Waals surface area contributed by atoms with Crippen molar-refractivity contribution in [1.29, 1.82) is 0 Å². The Hall–Kier alpha value is -3.78. The molecule has 2 aliphatic heterocycles. The highest BCUT2D eigenvalue weighted by Gasteiger charge is 2.54. The molecule has 174 valence electrons. The van der Waals surface area contributed by atoms with E-state index in [2.05, 4.69) is 5.32 Å². The molecule has 2 heterocycles. The smallest absolute Gasteiger partial charge is 0.322 e. The normalized spacial score (nSPS) is 21.6. The highest BCUT2D eigenvalue weighted by atomic mass is 19.1. The monoisotopic (exact) mass is 463 g/mol. The molecule has 2 aliphatic rings. The van der Waals surface area contributed by atoms with Crippen LogP contribution in [0.2, 0.25) is 0 Å². The number of carbonyl (C=O) groups excluding carboxylic acids is 2. The number of halogens is 2. The van der Waals surface area contributed by atoms with Crippen molar-refractivity contribution in [3.63, 3.8) is 0 Å². The zero-order chi connectivity index (χ0) is 23.8. The molecule has 6 nitrogen and oxygen atoms in total. The van der Waals surface area contributed by atoms with Gasteiger partial charge in [-0.25, -0.2) is 13.6 Å². The number of nitrogens with zero attached hydrogens (tertiary/aromatic N) is 2. The van der Waals surface area contributed by atoms with Crippen LogP contribution in [-0.4, -0.2) is 58.6 Å². The average molecular weight is 463 g/mol. The molecule has 0 radical (unpaired) electrons. The Morgan fingerprint density at radius 1 is 0.971 bits per heavy atom. The summed E-state index contributed by atoms with van der Waals surface area (Å²) in [6, 6.07) is 18.4. The molecule has 0 saturated carbocycles. The van der Waals surface area contributed by atoms with Gasteiger partial charge in [-0.2, -0.15) is 0 Å². The summed E-state index contributed by atoms with van der Waals surface area (Å²) in [5, 5.41) is 12.6. The molecule has 0 aliphatic carbocycles. The SMILES string of the molecule is O=C(Nc1cccc(F)c1)N1CC(=O)N2[C@H](CO)[C@H](c3ccc(-c4cccc(F)c4)cc3)[C@H]2C1. The second-order valence-electron chi connectivity index (χ2n) is 8.60. The molecule has 3 aromatic rings. The van der Waals surface area contributed by atoms with Crippen molar-refractivity contribution in [3.05, 3.63) is 90.0 Å². The number of amides is 3. The van der Waals surface area contributed by atoms with Gasteiger partial charge in [0, 0.05) is 18.2 Å². The van der Waals surface area contributed by atoms with E-state index in [0.717, 1.165) is 16.7 Å². The molecule has 2 saturated heterocycles. The van der Waals surface area contributed by atoms with Crippen LogP contribution >= 0.6 is 0 Å². The molecule has 34 heavy (non-hydrogen) atoms. The van der Waals surface area contributed by atoms with Crippen molar-refractivity contribution < 1.29 is 23.5 Å². The first kappa shape index (κ1) is 22.0. The summed E-state index contributed by atoms with van der Waals surface area (Å²) in [4.78, 5) is 28.6. The first-order valence-corrected chi connectivity index (χ1v) is 11.0. The van der Waals surface area contributed by atoms with Crippen molar-refractivity contribution in [1.82, 2.24) is 9.80 Å². The number of hydrogen-bond donors (Lipinski definition) is 2. The van der Waals surface area contributed by atoms with Crippen LogP contribution in [0, 0.1) is 11.6 Å². The fraction of sp³-hybridized carbons (Fsp3) is 0.231. The second-order valence-corrected chi connectivity index (χ2v) is 8.60. The fourth-order valence-corrected chi connectivity index (χ4v) is 4.99. The highest BCUT2D eigenvalue weighted by molar-refractivity contribution is 5.93. The summed E-state index contributed by atoms with van der Waals surface area (Å²) in [5.74, 6) is -1.17. The van der Waals surface area contributed by atoms with E-state index in [1.54, 1.807) is 17.0 Å². The van der Waals surface area contributed by atoms with Crippen LogP contribution in [-0.2, 0) is 4.79 Å². The maximum absolute atomic E-state index is 13.6. The van der Waals surface area contributed by atoms with Gasteiger partial charge >= 0.3 is 6.03 Å². The van der Waals surface area contributed by atoms with Gasteiger partial charge in [-0.15, -0.1) is 0 Å². The Morgan fingerprint density at radius 2 is 1.68 bits per heavy atom. The first-order chi connectivity index (χ1) is 16.4. The third kappa shape index (κ3) is 4.01. The largest absolute Gasteiger partial charge is 0.394 e. The van der Waals surface area contributed by atoms with E-state index in [1.807, 2.05) is 30.3 Å². The van der Waals surface area contributed by atoms with E-state index in [0.29, 0.717) is 12.2 Å². The van der Waals surface area contributed by atoms with Crippen LogP contribution in [0.4, 0.5) is 19.3 Å². The van der Waals surface area contributed by atoms with Crippen LogP contribution in [0.15, 0.2) is 72.8 Å². The summed E-state index contributed by atoms with van der Waals surface area (Å²) in [6.07, 6.45) is 0. The molecule has 3 amide bonds. The molecular formula is C26H23F2N3O3. The second kappa shape index (κ2) is 8.87. The predicted octanol–water partition coefficient (Wildman–Crippen LogP) is 3.83. The van der Waals surface area contributed by atoms with Crippen LogP contribution in [0.1, 0.15) is 11.5 Å². The van der Waals surface area contributed by atoms with Crippen molar-refractivity contribution in [2.75, 3.05) is 25.0 Å². The van der Waals surface area contributed by atoms with Gasteiger partial charge in [0.2, 0.25) is 5.91 Å². The van der Waals surface area contributed by atoms with Gasteiger partial charge in [-0.1, -0.05) is 42.5 Å². The Morgan fingerprint density at radius 3 is 2.35 bits per heavy atom. The lowest BCUT2D eigenvalue weighted by atomic mass is 9.73. The van der Waals surface area contributed by atoms with E-state index < -0.39 is 11.8 Å². The molecule has 2 fully saturated rings. The van der Waals surface area contributed by atoms with Gasteiger partial charge in [0.1, 0.15) is 18.2 Å². The summed E-state index contributed by atoms with van der Waals surface area (Å²) < 4.78 is 27.0. The van der Waals surface area contributed by atoms with Crippen molar-refractivity contribution in [3.8, 4) is 11.1 Å². The van der Waals surface area contributed by atoms with Crippen LogP contribution < -0.4 is 5.32 Å². The molecule has 8 heteroatoms. The number of hydrogen-bond acceptors (Lipinski definition) is 3. The number of urea groups is 1. The molecule has 0 aromatic heterocycles. The number of aliphatic hydroxyl groups excluding tert-OH is 1. The van der Waals surface area contributed by atoms with E-state index in [4.69, 9.17) is 0 Å². The van der Waals surface area contributed by atoms with Gasteiger partial charge < -0.3 is 20.2 Å². The number of piperazine rings is 1. The third-order valence-corrected chi connectivity index (χ3v) is 6.57. The Kier molecular flexibility index (Phi) is 5.75. The summed E-state index contributed by atoms with van der Waals surface area (Å²) in [6.45, 7) is -0.00682. The summed E-state index contributed by atoms with van der Waals surface area (Å²) in [5.41, 5.74) is 2.86. The van der Waals surface area contributed by atoms with Gasteiger partial charge in [-0.3, -0.25) is 4.79 Å². The quantitative estimate of drug-likeness (QED) is 0.618. The standard InChI is InChI=1S/C26H23F2N3O3/c27-19-4-1-3-18(11-19)16-7-9-17(10-8-16)25-22-13-30(14-24(33)31(22)23(25)15-32)26(34)29-21-6-2-5-20(28)12-21/h1-12,22-23,25,32H,13-15H2,(H,29,34)/t22-,23-,25-/m1/s1. The number of carbonyl (C=O) groups is 2. The molecule has 3 atom stereocenters. The molecule has 0 unspecified atom stereocenters. The minimum atomic E-state index is -0.480. The van der Waals surface area contributed by atoms with Crippen LogP contribution in [0.5, 0.6) is 0 Å². The summed E-state index contributed by atoms with van der Waals surface area (Å²) >= 11 is 0. The van der Waals surface area contributed by atoms with Crippen molar-refractivity contribution in [2.24, 2.45) is 0 Å². The maximum Gasteiger partial charge on any atom is 0.322 e. The molecule has 3 aromatic carbocycles. The van der Waals surface area contributed by atoms with E-state index in [9.17, 15) is 23.5 Å². The maximum atomic E-state index is 13.6. The Bertz CT molecular complexity index is 1230. The Labute approximate surface area is 195 Å². The number of anilines is 1. The predicted molar refractivity (Wildman–Crippen MR) is 123 cm³/mol. The highest BCUT2D eigenvalue weighted by Crippen LogP contribution is 2.43. The summed E-state index contributed by atoms with van der Waals surface area (Å²) in [7, 11) is 0. The zero-order valence-corrected chi connectivity index (χ0v) is 18.2. The molecular weight excluding hydrogens is 440 g/mol. The van der Waals surface area contributed by atoms with Crippen molar-refractivity contribution in [2.45, 2.75) is 18.0 Å². The van der Waals surface area contributed by atoms with Crippen LogP contribution in [0.3, 0.4) is 0 Å². The van der Waals surface area contributed by atoms with E-state index >= 15 is 0 Å². The van der Waals surface area contributed by atoms with Gasteiger partial charge in [0.05, 0.1) is 18.7 Å². The fourth-order valence-electron chi connectivity index (χ4n) is 4.99. The third-order valence-electron chi connectivity index (χ3n) is 6.57. The molecule has 2 N–H and O–H groups in total. The zero-order valence-electron chi connectivity index (χ0n) is 18.2. The lowest BCUT2D eigenvalue weighted by Gasteiger charge is -2.58. The lowest BCUT2D eigenvalue weighted by Crippen LogP contribution is -2.73. The van der Waals surface area contributed by atoms with Gasteiger partial charge in [-0.05, 0) is 47.0 Å². The lowest BCUT2D eigenvalue weighted by molar-refractivity contribution is -0.159. The number of nitrogens with one attached hydrogen (secondary N) is 1. The van der Waals surface area contributed by atoms with Gasteiger partial charge in [0.25, 0.3) is 0 Å². The van der Waals surface area contributed by atoms with E-state index in [1.165, 1.54) is 35.2 Å². The minimum Gasteiger partial charge on any atom is -0.394 e. The minimum absolute atomic E-state index is 0.112. The van der Waals surface area contributed by atoms with Crippen molar-refractivity contribution >= 4 is 17.6 Å². The average Bonchev–Trinajstić information content (AvgIpc) is 2.80. The molecule has 0 spiro atoms. The van der Waals surface area contributed by atoms with Gasteiger partial charge in [0.15, 0.2) is 0 Å². The number of benzene rings is 3. The number of rotatable bonds is 4. The first-order valence-electron chi connectivity index (χ1n) is 11.0. The topological polar surface area (TPSA) is 72.9 Å². The number of fused-ring (bicyclic) bond motifs is 1. The Balaban J connectivity index is 1.34.